The molecule has 0 heterocycles. The number of hydrogen-bond acceptors (Lipinski definition) is 0. The normalized spacial score (nSPS) is 12.4. The van der Waals surface area contributed by atoms with Gasteiger partial charge >= 0.3 is 0 Å². The van der Waals surface area contributed by atoms with Crippen LogP contribution < -0.4 is 0 Å². The minimum atomic E-state index is -0.0606. The maximum Gasteiger partial charge on any atom is 0.0835 e. The van der Waals surface area contributed by atoms with Crippen LogP contribution in [0.15, 0.2) is 42.5 Å². The summed E-state index contributed by atoms with van der Waals surface area (Å²) in [6.45, 7) is 6.49. The molecule has 20 heavy (non-hydrogen) atoms. The van der Waals surface area contributed by atoms with E-state index >= 15 is 0 Å². The summed E-state index contributed by atoms with van der Waals surface area (Å²) in [5.74, 6) is 0. The van der Waals surface area contributed by atoms with Crippen molar-refractivity contribution in [1.82, 2.24) is 0 Å². The first-order valence-corrected chi connectivity index (χ1v) is 7.85. The Morgan fingerprint density at radius 1 is 0.900 bits per heavy atom. The molecule has 0 N–H and O–H groups in total. The molecule has 0 aliphatic carbocycles. The van der Waals surface area contributed by atoms with Crippen LogP contribution in [0.1, 0.15) is 53.0 Å². The first kappa shape index (κ1) is 15.1. The third-order valence-corrected chi connectivity index (χ3v) is 4.42. The Kier molecular flexibility index (Phi) is 5.25. The molecular formula is C19H23Cl. The van der Waals surface area contributed by atoms with Gasteiger partial charge in [-0.1, -0.05) is 55.8 Å². The zero-order valence-corrected chi connectivity index (χ0v) is 13.4. The van der Waals surface area contributed by atoms with E-state index < -0.39 is 0 Å². The van der Waals surface area contributed by atoms with E-state index in [0.29, 0.717) is 0 Å². The molecule has 0 spiro atoms. The Balaban J connectivity index is 2.15. The monoisotopic (exact) mass is 286 g/mol. The van der Waals surface area contributed by atoms with E-state index in [-0.39, 0.29) is 5.38 Å². The lowest BCUT2D eigenvalue weighted by molar-refractivity contribution is 0.794. The molecule has 0 saturated heterocycles. The highest BCUT2D eigenvalue weighted by Crippen LogP contribution is 2.30. The van der Waals surface area contributed by atoms with Gasteiger partial charge in [0.05, 0.1) is 5.38 Å². The second kappa shape index (κ2) is 6.95. The molecule has 1 atom stereocenters. The summed E-state index contributed by atoms with van der Waals surface area (Å²) < 4.78 is 0. The van der Waals surface area contributed by atoms with Crippen LogP contribution in [-0.2, 0) is 6.42 Å². The average molecular weight is 287 g/mol. The number of rotatable bonds is 5. The predicted octanol–water partition coefficient (Wildman–Crippen LogP) is 5.97. The van der Waals surface area contributed by atoms with Gasteiger partial charge in [-0.25, -0.2) is 0 Å². The highest BCUT2D eigenvalue weighted by atomic mass is 35.5. The topological polar surface area (TPSA) is 0 Å². The second-order valence-electron chi connectivity index (χ2n) is 5.55. The number of benzene rings is 2. The van der Waals surface area contributed by atoms with Crippen LogP contribution in [0, 0.1) is 13.8 Å². The number of alkyl halides is 1. The van der Waals surface area contributed by atoms with Crippen LogP contribution in [0.25, 0.3) is 0 Å². The first-order valence-electron chi connectivity index (χ1n) is 7.42. The van der Waals surface area contributed by atoms with Crippen molar-refractivity contribution in [2.75, 3.05) is 0 Å². The Morgan fingerprint density at radius 2 is 1.55 bits per heavy atom. The lowest BCUT2D eigenvalue weighted by atomic mass is 9.98. The minimum Gasteiger partial charge on any atom is -0.113 e. The second-order valence-corrected chi connectivity index (χ2v) is 5.99. The predicted molar refractivity (Wildman–Crippen MR) is 88.7 cm³/mol. The molecule has 106 valence electrons. The zero-order valence-electron chi connectivity index (χ0n) is 12.6. The highest BCUT2D eigenvalue weighted by molar-refractivity contribution is 6.22. The molecule has 1 unspecified atom stereocenters. The van der Waals surface area contributed by atoms with E-state index in [1.807, 2.05) is 0 Å². The lowest BCUT2D eigenvalue weighted by Gasteiger charge is -2.13. The van der Waals surface area contributed by atoms with Gasteiger partial charge in [-0.3, -0.25) is 0 Å². The fourth-order valence-electron chi connectivity index (χ4n) is 2.35. The smallest absolute Gasteiger partial charge is 0.0835 e. The molecule has 0 radical (unpaired) electrons. The van der Waals surface area contributed by atoms with Crippen LogP contribution >= 0.6 is 11.6 Å². The summed E-state index contributed by atoms with van der Waals surface area (Å²) >= 11 is 6.61. The van der Waals surface area contributed by atoms with E-state index in [0.717, 1.165) is 6.42 Å². The van der Waals surface area contributed by atoms with E-state index in [2.05, 4.69) is 63.2 Å². The van der Waals surface area contributed by atoms with Gasteiger partial charge in [0.2, 0.25) is 0 Å². The van der Waals surface area contributed by atoms with E-state index in [9.17, 15) is 0 Å². The molecule has 0 bridgehead atoms. The Labute approximate surface area is 127 Å². The molecule has 0 nitrogen and oxygen atoms in total. The molecule has 0 aliphatic heterocycles. The Hall–Kier alpha value is -1.27. The fraction of sp³-hybridized carbons (Fsp3) is 0.368. The van der Waals surface area contributed by atoms with Crippen LogP contribution in [0.4, 0.5) is 0 Å². The average Bonchev–Trinajstić information content (AvgIpc) is 2.48. The molecular weight excluding hydrogens is 264 g/mol. The van der Waals surface area contributed by atoms with Crippen LogP contribution in [0.2, 0.25) is 0 Å². The number of hydrogen-bond donors (Lipinski definition) is 0. The standard InChI is InChI=1S/C19H23Cl/c1-4-5-6-16-8-11-17(12-9-16)19(20)18-10-7-14(2)15(3)13-18/h7-13,19H,4-6H2,1-3H3. The summed E-state index contributed by atoms with van der Waals surface area (Å²) in [6, 6.07) is 15.2. The van der Waals surface area contributed by atoms with Gasteiger partial charge in [0.1, 0.15) is 0 Å². The van der Waals surface area contributed by atoms with Crippen molar-refractivity contribution in [2.45, 2.75) is 45.4 Å². The molecule has 1 heteroatoms. The zero-order chi connectivity index (χ0) is 14.5. The molecule has 0 fully saturated rings. The maximum absolute atomic E-state index is 6.61. The first-order chi connectivity index (χ1) is 9.61. The van der Waals surface area contributed by atoms with Gasteiger partial charge in [-0.15, -0.1) is 11.6 Å². The van der Waals surface area contributed by atoms with Crippen molar-refractivity contribution in [3.8, 4) is 0 Å². The largest absolute Gasteiger partial charge is 0.113 e. The van der Waals surface area contributed by atoms with Crippen molar-refractivity contribution in [3.05, 3.63) is 70.3 Å². The Bertz CT molecular complexity index is 554. The lowest BCUT2D eigenvalue weighted by Crippen LogP contribution is -1.95. The maximum atomic E-state index is 6.61. The van der Waals surface area contributed by atoms with E-state index in [1.54, 1.807) is 0 Å². The third kappa shape index (κ3) is 3.64. The van der Waals surface area contributed by atoms with E-state index in [1.165, 1.54) is 40.7 Å². The minimum absolute atomic E-state index is 0.0606. The quantitative estimate of drug-likeness (QED) is 0.594. The van der Waals surface area contributed by atoms with Crippen LogP contribution in [-0.4, -0.2) is 0 Å². The summed E-state index contributed by atoms with van der Waals surface area (Å²) in [4.78, 5) is 0. The highest BCUT2D eigenvalue weighted by Gasteiger charge is 2.11. The van der Waals surface area contributed by atoms with Gasteiger partial charge in [0.15, 0.2) is 0 Å². The summed E-state index contributed by atoms with van der Waals surface area (Å²) in [6.07, 6.45) is 3.65. The Morgan fingerprint density at radius 3 is 2.15 bits per heavy atom. The van der Waals surface area contributed by atoms with Crippen molar-refractivity contribution >= 4 is 11.6 Å². The molecule has 2 aromatic rings. The van der Waals surface area contributed by atoms with Gasteiger partial charge in [0, 0.05) is 0 Å². The third-order valence-electron chi connectivity index (χ3n) is 3.91. The molecule has 0 aromatic heterocycles. The van der Waals surface area contributed by atoms with Gasteiger partial charge < -0.3 is 0 Å². The fourth-order valence-corrected chi connectivity index (χ4v) is 2.63. The van der Waals surface area contributed by atoms with Gasteiger partial charge in [-0.05, 0) is 54.5 Å². The number of halogens is 1. The van der Waals surface area contributed by atoms with Crippen molar-refractivity contribution < 1.29 is 0 Å². The summed E-state index contributed by atoms with van der Waals surface area (Å²) in [5.41, 5.74) is 6.37. The van der Waals surface area contributed by atoms with E-state index in [4.69, 9.17) is 11.6 Å². The van der Waals surface area contributed by atoms with Crippen LogP contribution in [0.5, 0.6) is 0 Å². The van der Waals surface area contributed by atoms with Crippen molar-refractivity contribution in [3.63, 3.8) is 0 Å². The van der Waals surface area contributed by atoms with Crippen LogP contribution in [0.3, 0.4) is 0 Å². The van der Waals surface area contributed by atoms with Crippen molar-refractivity contribution in [1.29, 1.82) is 0 Å². The molecule has 0 saturated carbocycles. The summed E-state index contributed by atoms with van der Waals surface area (Å²) in [5, 5.41) is -0.0606. The molecule has 0 amide bonds. The molecule has 2 aromatic carbocycles. The van der Waals surface area contributed by atoms with Crippen molar-refractivity contribution in [2.24, 2.45) is 0 Å². The molecule has 2 rings (SSSR count). The SMILES string of the molecule is CCCCc1ccc(C(Cl)c2ccc(C)c(C)c2)cc1. The number of unbranched alkanes of at least 4 members (excludes halogenated alkanes) is 1. The summed E-state index contributed by atoms with van der Waals surface area (Å²) in [7, 11) is 0. The van der Waals surface area contributed by atoms with Gasteiger partial charge in [-0.2, -0.15) is 0 Å². The number of aryl methyl sites for hydroxylation is 3. The van der Waals surface area contributed by atoms with Gasteiger partial charge in [0.25, 0.3) is 0 Å². The molecule has 0 aliphatic rings.